The minimum atomic E-state index is -3.94. The van der Waals surface area contributed by atoms with Gasteiger partial charge in [-0.1, -0.05) is 36.0 Å². The number of hydrogen-bond acceptors (Lipinski definition) is 4. The smallest absolute Gasteiger partial charge is 0.261 e. The van der Waals surface area contributed by atoms with Gasteiger partial charge in [0.2, 0.25) is 0 Å². The van der Waals surface area contributed by atoms with E-state index in [4.69, 9.17) is 27.9 Å². The topological polar surface area (TPSA) is 75.7 Å². The lowest BCUT2D eigenvalue weighted by Gasteiger charge is -2.22. The molecule has 1 aliphatic heterocycles. The Labute approximate surface area is 180 Å². The molecule has 3 rings (SSSR count). The molecule has 6 nitrogen and oxygen atoms in total. The molecule has 1 fully saturated rings. The van der Waals surface area contributed by atoms with Crippen LogP contribution in [-0.2, 0) is 10.0 Å². The summed E-state index contributed by atoms with van der Waals surface area (Å²) in [5.41, 5.74) is 0.502. The Hall–Kier alpha value is -1.96. The molecule has 29 heavy (non-hydrogen) atoms. The van der Waals surface area contributed by atoms with Crippen molar-refractivity contribution in [2.75, 3.05) is 24.9 Å². The minimum Gasteiger partial charge on any atom is -0.496 e. The number of rotatable bonds is 5. The number of nitrogens with one attached hydrogen (secondary N) is 1. The molecular weight excluding hydrogens is 435 g/mol. The van der Waals surface area contributed by atoms with E-state index in [0.717, 1.165) is 25.7 Å². The van der Waals surface area contributed by atoms with Crippen molar-refractivity contribution in [1.82, 2.24) is 4.90 Å². The van der Waals surface area contributed by atoms with Gasteiger partial charge in [0.15, 0.2) is 0 Å². The number of ether oxygens (including phenoxy) is 1. The van der Waals surface area contributed by atoms with E-state index >= 15 is 0 Å². The molecule has 0 radical (unpaired) electrons. The van der Waals surface area contributed by atoms with Crippen molar-refractivity contribution in [1.29, 1.82) is 0 Å². The molecule has 1 heterocycles. The number of carbonyl (C=O) groups excluding carboxylic acids is 1. The zero-order valence-electron chi connectivity index (χ0n) is 16.0. The van der Waals surface area contributed by atoms with E-state index in [2.05, 4.69) is 4.72 Å². The summed E-state index contributed by atoms with van der Waals surface area (Å²) in [6, 6.07) is 8.69. The van der Waals surface area contributed by atoms with E-state index in [1.807, 2.05) is 0 Å². The highest BCUT2D eigenvalue weighted by atomic mass is 35.5. The SMILES string of the molecule is COc1ccc(S(=O)(=O)Nc2ccc(Cl)c(Cl)c2)cc1C(=O)N1CCCCCC1. The van der Waals surface area contributed by atoms with Crippen molar-refractivity contribution in [2.24, 2.45) is 0 Å². The Kier molecular flexibility index (Phi) is 6.93. The summed E-state index contributed by atoms with van der Waals surface area (Å²) < 4.78 is 33.5. The van der Waals surface area contributed by atoms with Crippen LogP contribution in [0, 0.1) is 0 Å². The van der Waals surface area contributed by atoms with E-state index in [9.17, 15) is 13.2 Å². The largest absolute Gasteiger partial charge is 0.496 e. The van der Waals surface area contributed by atoms with Gasteiger partial charge in [0, 0.05) is 13.1 Å². The van der Waals surface area contributed by atoms with Gasteiger partial charge in [-0.25, -0.2) is 8.42 Å². The van der Waals surface area contributed by atoms with E-state index in [1.165, 1.54) is 43.5 Å². The number of sulfonamides is 1. The fraction of sp³-hybridized carbons (Fsp3) is 0.350. The van der Waals surface area contributed by atoms with Crippen molar-refractivity contribution in [3.05, 3.63) is 52.0 Å². The molecule has 1 N–H and O–H groups in total. The number of likely N-dealkylation sites (tertiary alicyclic amines) is 1. The van der Waals surface area contributed by atoms with Crippen LogP contribution in [0.15, 0.2) is 41.3 Å². The quantitative estimate of drug-likeness (QED) is 0.699. The summed E-state index contributed by atoms with van der Waals surface area (Å²) in [7, 11) is -2.48. The second kappa shape index (κ2) is 9.24. The van der Waals surface area contributed by atoms with Crippen LogP contribution in [0.4, 0.5) is 5.69 Å². The second-order valence-electron chi connectivity index (χ2n) is 6.80. The van der Waals surface area contributed by atoms with Gasteiger partial charge in [-0.3, -0.25) is 9.52 Å². The summed E-state index contributed by atoms with van der Waals surface area (Å²) in [5, 5.41) is 0.558. The summed E-state index contributed by atoms with van der Waals surface area (Å²) >= 11 is 11.8. The van der Waals surface area contributed by atoms with Crippen LogP contribution in [0.1, 0.15) is 36.0 Å². The Bertz CT molecular complexity index is 1000. The Morgan fingerprint density at radius 2 is 1.69 bits per heavy atom. The number of amides is 1. The zero-order chi connectivity index (χ0) is 21.0. The zero-order valence-corrected chi connectivity index (χ0v) is 18.3. The maximum Gasteiger partial charge on any atom is 0.261 e. The van der Waals surface area contributed by atoms with Crippen LogP contribution in [0.25, 0.3) is 0 Å². The first-order valence-corrected chi connectivity index (χ1v) is 11.5. The van der Waals surface area contributed by atoms with Crippen molar-refractivity contribution < 1.29 is 17.9 Å². The highest BCUT2D eigenvalue weighted by Crippen LogP contribution is 2.29. The second-order valence-corrected chi connectivity index (χ2v) is 9.30. The van der Waals surface area contributed by atoms with Crippen LogP contribution in [-0.4, -0.2) is 39.4 Å². The summed E-state index contributed by atoms with van der Waals surface area (Å²) in [4.78, 5) is 14.8. The normalized spacial score (nSPS) is 14.9. The molecule has 1 saturated heterocycles. The van der Waals surface area contributed by atoms with Gasteiger partial charge in [-0.15, -0.1) is 0 Å². The molecule has 0 aromatic heterocycles. The third-order valence-electron chi connectivity index (χ3n) is 4.78. The van der Waals surface area contributed by atoms with E-state index in [-0.39, 0.29) is 27.1 Å². The van der Waals surface area contributed by atoms with Gasteiger partial charge in [-0.2, -0.15) is 0 Å². The van der Waals surface area contributed by atoms with Crippen molar-refractivity contribution in [3.63, 3.8) is 0 Å². The van der Waals surface area contributed by atoms with Crippen LogP contribution in [0.2, 0.25) is 10.0 Å². The fourth-order valence-electron chi connectivity index (χ4n) is 3.24. The van der Waals surface area contributed by atoms with Gasteiger partial charge < -0.3 is 9.64 Å². The van der Waals surface area contributed by atoms with Crippen LogP contribution >= 0.6 is 23.2 Å². The first kappa shape index (κ1) is 21.7. The van der Waals surface area contributed by atoms with Crippen LogP contribution < -0.4 is 9.46 Å². The van der Waals surface area contributed by atoms with Gasteiger partial charge in [0.1, 0.15) is 5.75 Å². The lowest BCUT2D eigenvalue weighted by Crippen LogP contribution is -2.32. The first-order valence-electron chi connectivity index (χ1n) is 9.27. The Morgan fingerprint density at radius 3 is 2.31 bits per heavy atom. The molecule has 2 aromatic rings. The lowest BCUT2D eigenvalue weighted by atomic mass is 10.1. The van der Waals surface area contributed by atoms with E-state index < -0.39 is 10.0 Å². The molecule has 0 bridgehead atoms. The van der Waals surface area contributed by atoms with Crippen LogP contribution in [0.5, 0.6) is 5.75 Å². The van der Waals surface area contributed by atoms with Gasteiger partial charge in [-0.05, 0) is 49.2 Å². The standard InChI is InChI=1S/C20H22Cl2N2O4S/c1-28-19-9-7-15(13-16(19)20(25)24-10-4-2-3-5-11-24)29(26,27)23-14-6-8-17(21)18(22)12-14/h6-9,12-13,23H,2-5,10-11H2,1H3. The highest BCUT2D eigenvalue weighted by Gasteiger charge is 2.24. The molecule has 2 aromatic carbocycles. The number of anilines is 1. The van der Waals surface area contributed by atoms with E-state index in [0.29, 0.717) is 23.9 Å². The average Bonchev–Trinajstić information content (AvgIpc) is 2.99. The lowest BCUT2D eigenvalue weighted by molar-refractivity contribution is 0.0758. The predicted molar refractivity (Wildman–Crippen MR) is 115 cm³/mol. The molecule has 9 heteroatoms. The van der Waals surface area contributed by atoms with Gasteiger partial charge >= 0.3 is 0 Å². The van der Waals surface area contributed by atoms with Gasteiger partial charge in [0.25, 0.3) is 15.9 Å². The monoisotopic (exact) mass is 456 g/mol. The number of benzene rings is 2. The van der Waals surface area contributed by atoms with Crippen molar-refractivity contribution >= 4 is 44.8 Å². The fourth-order valence-corrected chi connectivity index (χ4v) is 4.61. The number of nitrogens with zero attached hydrogens (tertiary/aromatic N) is 1. The third kappa shape index (κ3) is 5.15. The molecule has 1 amide bonds. The van der Waals surface area contributed by atoms with E-state index in [1.54, 1.807) is 4.90 Å². The number of methoxy groups -OCH3 is 1. The Morgan fingerprint density at radius 1 is 1.00 bits per heavy atom. The number of hydrogen-bond donors (Lipinski definition) is 1. The molecule has 0 spiro atoms. The molecule has 0 atom stereocenters. The minimum absolute atomic E-state index is 0.0393. The maximum atomic E-state index is 13.1. The summed E-state index contributed by atoms with van der Waals surface area (Å²) in [6.07, 6.45) is 4.04. The maximum absolute atomic E-state index is 13.1. The number of halogens is 2. The molecule has 0 unspecified atom stereocenters. The Balaban J connectivity index is 1.92. The molecular formula is C20H22Cl2N2O4S. The highest BCUT2D eigenvalue weighted by molar-refractivity contribution is 7.92. The van der Waals surface area contributed by atoms with Crippen LogP contribution in [0.3, 0.4) is 0 Å². The molecule has 156 valence electrons. The predicted octanol–water partition coefficient (Wildman–Crippen LogP) is 4.82. The average molecular weight is 457 g/mol. The molecule has 0 saturated carbocycles. The van der Waals surface area contributed by atoms with Crippen molar-refractivity contribution in [3.8, 4) is 5.75 Å². The summed E-state index contributed by atoms with van der Waals surface area (Å²) in [5.74, 6) is 0.114. The third-order valence-corrected chi connectivity index (χ3v) is 6.89. The molecule has 0 aliphatic carbocycles. The first-order chi connectivity index (χ1) is 13.8. The molecule has 1 aliphatic rings. The number of carbonyl (C=O) groups is 1. The van der Waals surface area contributed by atoms with Gasteiger partial charge in [0.05, 0.1) is 33.3 Å². The van der Waals surface area contributed by atoms with Crippen molar-refractivity contribution in [2.45, 2.75) is 30.6 Å². The summed E-state index contributed by atoms with van der Waals surface area (Å²) in [6.45, 7) is 1.31.